The third-order valence-corrected chi connectivity index (χ3v) is 4.43. The second kappa shape index (κ2) is 8.18. The van der Waals surface area contributed by atoms with Gasteiger partial charge in [0.15, 0.2) is 0 Å². The Morgan fingerprint density at radius 3 is 2.20 bits per heavy atom. The van der Waals surface area contributed by atoms with Gasteiger partial charge >= 0.3 is 7.12 Å². The van der Waals surface area contributed by atoms with E-state index in [1.165, 1.54) is 0 Å². The summed E-state index contributed by atoms with van der Waals surface area (Å²) in [6.45, 7) is 1.53. The Labute approximate surface area is 148 Å². The fraction of sp³-hybridized carbons (Fsp3) is 0.316. The van der Waals surface area contributed by atoms with Crippen molar-refractivity contribution in [1.82, 2.24) is 4.90 Å². The second-order valence-electron chi connectivity index (χ2n) is 6.24. The Kier molecular flexibility index (Phi) is 5.73. The van der Waals surface area contributed by atoms with Crippen LogP contribution in [0.15, 0.2) is 54.6 Å². The lowest BCUT2D eigenvalue weighted by atomic mass is 9.80. The predicted octanol–water partition coefficient (Wildman–Crippen LogP) is 1.50. The molecule has 1 aliphatic rings. The standard InChI is InChI=1S/C19H22BNO4/c22-19(21-13-5-2-6-14-21)18(15-7-3-1-4-8-15)25-17-11-9-16(10-12-17)20(23)24/h1,3-4,7-12,18,23-24H,2,5-6,13-14H2. The van der Waals surface area contributed by atoms with Crippen molar-refractivity contribution in [2.75, 3.05) is 13.1 Å². The molecule has 1 aliphatic heterocycles. The first-order valence-electron chi connectivity index (χ1n) is 8.61. The van der Waals surface area contributed by atoms with E-state index in [0.717, 1.165) is 37.9 Å². The fourth-order valence-corrected chi connectivity index (χ4v) is 3.02. The highest BCUT2D eigenvalue weighted by Gasteiger charge is 2.28. The molecule has 130 valence electrons. The molecule has 25 heavy (non-hydrogen) atoms. The van der Waals surface area contributed by atoms with Gasteiger partial charge in [0.25, 0.3) is 5.91 Å². The van der Waals surface area contributed by atoms with Gasteiger partial charge in [-0.3, -0.25) is 4.79 Å². The lowest BCUT2D eigenvalue weighted by Crippen LogP contribution is -2.40. The van der Waals surface area contributed by atoms with E-state index >= 15 is 0 Å². The summed E-state index contributed by atoms with van der Waals surface area (Å²) >= 11 is 0. The van der Waals surface area contributed by atoms with E-state index in [4.69, 9.17) is 4.74 Å². The SMILES string of the molecule is O=C(C(Oc1ccc(B(O)O)cc1)c1ccccc1)N1CCCCC1. The van der Waals surface area contributed by atoms with Crippen molar-refractivity contribution in [3.63, 3.8) is 0 Å². The summed E-state index contributed by atoms with van der Waals surface area (Å²) in [7, 11) is -1.52. The van der Waals surface area contributed by atoms with E-state index < -0.39 is 13.2 Å². The average Bonchev–Trinajstić information content (AvgIpc) is 2.67. The van der Waals surface area contributed by atoms with Crippen LogP contribution in [-0.2, 0) is 4.79 Å². The summed E-state index contributed by atoms with van der Waals surface area (Å²) in [6.07, 6.45) is 2.50. The van der Waals surface area contributed by atoms with Crippen LogP contribution in [-0.4, -0.2) is 41.1 Å². The van der Waals surface area contributed by atoms with Gasteiger partial charge < -0.3 is 19.7 Å². The molecule has 1 saturated heterocycles. The number of likely N-dealkylation sites (tertiary alicyclic amines) is 1. The Hall–Kier alpha value is -2.31. The molecule has 1 fully saturated rings. The monoisotopic (exact) mass is 339 g/mol. The average molecular weight is 339 g/mol. The Balaban J connectivity index is 1.82. The Bertz CT molecular complexity index is 684. The van der Waals surface area contributed by atoms with Crippen molar-refractivity contribution >= 4 is 18.5 Å². The van der Waals surface area contributed by atoms with E-state index in [1.807, 2.05) is 35.2 Å². The zero-order valence-electron chi connectivity index (χ0n) is 14.0. The van der Waals surface area contributed by atoms with Crippen LogP contribution < -0.4 is 10.2 Å². The Morgan fingerprint density at radius 2 is 1.60 bits per heavy atom. The summed E-state index contributed by atoms with van der Waals surface area (Å²) in [5, 5.41) is 18.4. The van der Waals surface area contributed by atoms with Gasteiger partial charge in [-0.2, -0.15) is 0 Å². The first-order chi connectivity index (χ1) is 12.1. The second-order valence-corrected chi connectivity index (χ2v) is 6.24. The minimum atomic E-state index is -1.52. The molecule has 1 atom stereocenters. The van der Waals surface area contributed by atoms with Crippen molar-refractivity contribution in [2.45, 2.75) is 25.4 Å². The lowest BCUT2D eigenvalue weighted by molar-refractivity contribution is -0.140. The number of ether oxygens (including phenoxy) is 1. The van der Waals surface area contributed by atoms with Gasteiger partial charge in [0, 0.05) is 18.7 Å². The van der Waals surface area contributed by atoms with Crippen LogP contribution in [0.1, 0.15) is 30.9 Å². The first kappa shape index (κ1) is 17.5. The molecule has 0 radical (unpaired) electrons. The largest absolute Gasteiger partial charge is 0.488 e. The quantitative estimate of drug-likeness (QED) is 0.810. The number of piperidine rings is 1. The summed E-state index contributed by atoms with van der Waals surface area (Å²) in [5.74, 6) is 0.487. The molecule has 1 heterocycles. The third kappa shape index (κ3) is 4.41. The van der Waals surface area contributed by atoms with E-state index in [2.05, 4.69) is 0 Å². The maximum absolute atomic E-state index is 13.0. The highest BCUT2D eigenvalue weighted by atomic mass is 16.5. The molecule has 6 heteroatoms. The molecule has 3 rings (SSSR count). The summed E-state index contributed by atoms with van der Waals surface area (Å²) in [6, 6.07) is 15.9. The molecule has 2 aromatic carbocycles. The molecule has 2 N–H and O–H groups in total. The number of hydrogen-bond donors (Lipinski definition) is 2. The molecule has 1 unspecified atom stereocenters. The number of carbonyl (C=O) groups excluding carboxylic acids is 1. The van der Waals surface area contributed by atoms with Crippen LogP contribution in [0, 0.1) is 0 Å². The fourth-order valence-electron chi connectivity index (χ4n) is 3.02. The smallest absolute Gasteiger partial charge is 0.476 e. The van der Waals surface area contributed by atoms with Gasteiger partial charge in [-0.05, 0) is 36.9 Å². The molecule has 1 amide bonds. The van der Waals surface area contributed by atoms with Crippen molar-refractivity contribution in [1.29, 1.82) is 0 Å². The van der Waals surface area contributed by atoms with Gasteiger partial charge in [0.1, 0.15) is 5.75 Å². The molecule has 2 aromatic rings. The number of benzene rings is 2. The maximum atomic E-state index is 13.0. The van der Waals surface area contributed by atoms with Crippen LogP contribution in [0.4, 0.5) is 0 Å². The lowest BCUT2D eigenvalue weighted by Gasteiger charge is -2.30. The van der Waals surface area contributed by atoms with Crippen molar-refractivity contribution < 1.29 is 19.6 Å². The molecular formula is C19H22BNO4. The van der Waals surface area contributed by atoms with Gasteiger partial charge in [-0.25, -0.2) is 0 Å². The maximum Gasteiger partial charge on any atom is 0.488 e. The van der Waals surface area contributed by atoms with Crippen LogP contribution in [0.25, 0.3) is 0 Å². The summed E-state index contributed by atoms with van der Waals surface area (Å²) < 4.78 is 6.00. The van der Waals surface area contributed by atoms with Crippen LogP contribution in [0.5, 0.6) is 5.75 Å². The highest BCUT2D eigenvalue weighted by Crippen LogP contribution is 2.25. The van der Waals surface area contributed by atoms with Crippen molar-refractivity contribution in [3.05, 3.63) is 60.2 Å². The molecular weight excluding hydrogens is 317 g/mol. The minimum Gasteiger partial charge on any atom is -0.476 e. The van der Waals surface area contributed by atoms with Gasteiger partial charge in [0.05, 0.1) is 0 Å². The first-order valence-corrected chi connectivity index (χ1v) is 8.61. The van der Waals surface area contributed by atoms with Gasteiger partial charge in [-0.15, -0.1) is 0 Å². The van der Waals surface area contributed by atoms with E-state index in [1.54, 1.807) is 24.3 Å². The molecule has 0 spiro atoms. The van der Waals surface area contributed by atoms with Gasteiger partial charge in [0.2, 0.25) is 6.10 Å². The van der Waals surface area contributed by atoms with Gasteiger partial charge in [-0.1, -0.05) is 42.5 Å². The van der Waals surface area contributed by atoms with Crippen molar-refractivity contribution in [3.8, 4) is 5.75 Å². The zero-order chi connectivity index (χ0) is 17.6. The van der Waals surface area contributed by atoms with Crippen LogP contribution >= 0.6 is 0 Å². The number of nitrogens with zero attached hydrogens (tertiary/aromatic N) is 1. The number of rotatable bonds is 5. The predicted molar refractivity (Wildman–Crippen MR) is 96.5 cm³/mol. The normalized spacial score (nSPS) is 15.5. The molecule has 0 aromatic heterocycles. The number of hydrogen-bond acceptors (Lipinski definition) is 4. The van der Waals surface area contributed by atoms with Crippen LogP contribution in [0.3, 0.4) is 0 Å². The Morgan fingerprint density at radius 1 is 0.960 bits per heavy atom. The number of amides is 1. The van der Waals surface area contributed by atoms with E-state index in [9.17, 15) is 14.8 Å². The minimum absolute atomic E-state index is 0.0304. The molecule has 0 saturated carbocycles. The topological polar surface area (TPSA) is 70.0 Å². The summed E-state index contributed by atoms with van der Waals surface area (Å²) in [4.78, 5) is 14.9. The van der Waals surface area contributed by atoms with E-state index in [0.29, 0.717) is 11.2 Å². The molecule has 0 bridgehead atoms. The summed E-state index contributed by atoms with van der Waals surface area (Å²) in [5.41, 5.74) is 1.19. The third-order valence-electron chi connectivity index (χ3n) is 4.43. The van der Waals surface area contributed by atoms with Crippen LogP contribution in [0.2, 0.25) is 0 Å². The van der Waals surface area contributed by atoms with Crippen molar-refractivity contribution in [2.24, 2.45) is 0 Å². The molecule has 5 nitrogen and oxygen atoms in total. The van der Waals surface area contributed by atoms with E-state index in [-0.39, 0.29) is 5.91 Å². The molecule has 0 aliphatic carbocycles. The highest BCUT2D eigenvalue weighted by molar-refractivity contribution is 6.58. The zero-order valence-corrected chi connectivity index (χ0v) is 14.0. The number of carbonyl (C=O) groups is 1.